The zero-order chi connectivity index (χ0) is 13.5. The third-order valence-corrected chi connectivity index (χ3v) is 3.55. The van der Waals surface area contributed by atoms with Gasteiger partial charge < -0.3 is 10.1 Å². The Bertz CT molecular complexity index is 365. The molecule has 1 aromatic carbocycles. The SMILES string of the molecule is Cc1cc(C)cc(OCCCCCCNC2CC2)c1. The van der Waals surface area contributed by atoms with Crippen LogP contribution < -0.4 is 10.1 Å². The lowest BCUT2D eigenvalue weighted by Gasteiger charge is -2.08. The second-order valence-electron chi connectivity index (χ2n) is 5.81. The Hall–Kier alpha value is -1.02. The maximum atomic E-state index is 5.81. The van der Waals surface area contributed by atoms with Crippen molar-refractivity contribution in [3.8, 4) is 5.75 Å². The number of hydrogen-bond donors (Lipinski definition) is 1. The maximum absolute atomic E-state index is 5.81. The van der Waals surface area contributed by atoms with Crippen molar-refractivity contribution in [2.45, 2.75) is 58.4 Å². The summed E-state index contributed by atoms with van der Waals surface area (Å²) in [5, 5.41) is 3.55. The van der Waals surface area contributed by atoms with Crippen LogP contribution in [-0.2, 0) is 0 Å². The first kappa shape index (κ1) is 14.4. The van der Waals surface area contributed by atoms with Crippen LogP contribution in [0, 0.1) is 13.8 Å². The predicted octanol–water partition coefficient (Wildman–Crippen LogP) is 3.99. The third-order valence-electron chi connectivity index (χ3n) is 3.55. The van der Waals surface area contributed by atoms with Crippen LogP contribution in [0.15, 0.2) is 18.2 Å². The van der Waals surface area contributed by atoms with Gasteiger partial charge in [0.2, 0.25) is 0 Å². The highest BCUT2D eigenvalue weighted by Crippen LogP contribution is 2.18. The van der Waals surface area contributed by atoms with Crippen LogP contribution in [0.4, 0.5) is 0 Å². The maximum Gasteiger partial charge on any atom is 0.119 e. The van der Waals surface area contributed by atoms with Crippen LogP contribution in [0.2, 0.25) is 0 Å². The highest BCUT2D eigenvalue weighted by Gasteiger charge is 2.19. The molecule has 2 heteroatoms. The highest BCUT2D eigenvalue weighted by molar-refractivity contribution is 5.32. The van der Waals surface area contributed by atoms with Gasteiger partial charge in [0.1, 0.15) is 5.75 Å². The lowest BCUT2D eigenvalue weighted by atomic mass is 10.1. The average Bonchev–Trinajstić information content (AvgIpc) is 3.15. The van der Waals surface area contributed by atoms with Crippen molar-refractivity contribution in [2.75, 3.05) is 13.2 Å². The van der Waals surface area contributed by atoms with E-state index >= 15 is 0 Å². The first-order chi connectivity index (χ1) is 9.24. The van der Waals surface area contributed by atoms with Gasteiger partial charge >= 0.3 is 0 Å². The molecular weight excluding hydrogens is 234 g/mol. The second kappa shape index (κ2) is 7.54. The van der Waals surface area contributed by atoms with Crippen molar-refractivity contribution in [3.05, 3.63) is 29.3 Å². The third kappa shape index (κ3) is 6.11. The quantitative estimate of drug-likeness (QED) is 0.679. The van der Waals surface area contributed by atoms with Gasteiger partial charge in [-0.3, -0.25) is 0 Å². The van der Waals surface area contributed by atoms with Gasteiger partial charge in [-0.2, -0.15) is 0 Å². The minimum atomic E-state index is 0.846. The summed E-state index contributed by atoms with van der Waals surface area (Å²) < 4.78 is 5.81. The molecule has 1 aromatic rings. The smallest absolute Gasteiger partial charge is 0.119 e. The summed E-state index contributed by atoms with van der Waals surface area (Å²) >= 11 is 0. The molecular formula is C17H27NO. The largest absolute Gasteiger partial charge is 0.494 e. The molecule has 1 N–H and O–H groups in total. The molecule has 0 saturated heterocycles. The van der Waals surface area contributed by atoms with Gasteiger partial charge in [0, 0.05) is 6.04 Å². The van der Waals surface area contributed by atoms with Gasteiger partial charge in [0.05, 0.1) is 6.61 Å². The molecule has 2 rings (SSSR count). The van der Waals surface area contributed by atoms with E-state index in [0.717, 1.165) is 24.8 Å². The average molecular weight is 261 g/mol. The van der Waals surface area contributed by atoms with Crippen molar-refractivity contribution >= 4 is 0 Å². The Labute approximate surface area is 117 Å². The Morgan fingerprint density at radius 1 is 1.00 bits per heavy atom. The summed E-state index contributed by atoms with van der Waals surface area (Å²) in [6.07, 6.45) is 7.84. The molecule has 1 aliphatic carbocycles. The molecule has 0 aromatic heterocycles. The fourth-order valence-corrected chi connectivity index (χ4v) is 2.38. The number of nitrogens with one attached hydrogen (secondary N) is 1. The molecule has 2 nitrogen and oxygen atoms in total. The van der Waals surface area contributed by atoms with E-state index in [2.05, 4.69) is 37.4 Å². The fourth-order valence-electron chi connectivity index (χ4n) is 2.38. The van der Waals surface area contributed by atoms with E-state index < -0.39 is 0 Å². The lowest BCUT2D eigenvalue weighted by Crippen LogP contribution is -2.17. The summed E-state index contributed by atoms with van der Waals surface area (Å²) in [6, 6.07) is 7.27. The van der Waals surface area contributed by atoms with E-state index in [1.807, 2.05) is 0 Å². The molecule has 0 aliphatic heterocycles. The second-order valence-corrected chi connectivity index (χ2v) is 5.81. The van der Waals surface area contributed by atoms with Gasteiger partial charge in [-0.25, -0.2) is 0 Å². The van der Waals surface area contributed by atoms with Gasteiger partial charge in [0.25, 0.3) is 0 Å². The van der Waals surface area contributed by atoms with E-state index in [-0.39, 0.29) is 0 Å². The Morgan fingerprint density at radius 2 is 1.68 bits per heavy atom. The van der Waals surface area contributed by atoms with Gasteiger partial charge in [-0.05, 0) is 69.3 Å². The lowest BCUT2D eigenvalue weighted by molar-refractivity contribution is 0.304. The molecule has 0 unspecified atom stereocenters. The highest BCUT2D eigenvalue weighted by atomic mass is 16.5. The van der Waals surface area contributed by atoms with Crippen LogP contribution in [-0.4, -0.2) is 19.2 Å². The molecule has 1 aliphatic rings. The van der Waals surface area contributed by atoms with Gasteiger partial charge in [-0.15, -0.1) is 0 Å². The van der Waals surface area contributed by atoms with Gasteiger partial charge in [-0.1, -0.05) is 18.9 Å². The van der Waals surface area contributed by atoms with Crippen molar-refractivity contribution in [1.29, 1.82) is 0 Å². The number of ether oxygens (including phenoxy) is 1. The molecule has 0 bridgehead atoms. The van der Waals surface area contributed by atoms with E-state index in [4.69, 9.17) is 4.74 Å². The predicted molar refractivity (Wildman–Crippen MR) is 80.9 cm³/mol. The molecule has 0 radical (unpaired) electrons. The van der Waals surface area contributed by atoms with Crippen LogP contribution >= 0.6 is 0 Å². The number of unbranched alkanes of at least 4 members (excludes halogenated alkanes) is 3. The summed E-state index contributed by atoms with van der Waals surface area (Å²) in [7, 11) is 0. The van der Waals surface area contributed by atoms with Crippen LogP contribution in [0.5, 0.6) is 5.75 Å². The zero-order valence-electron chi connectivity index (χ0n) is 12.4. The van der Waals surface area contributed by atoms with Crippen LogP contribution in [0.3, 0.4) is 0 Å². The first-order valence-corrected chi connectivity index (χ1v) is 7.68. The fraction of sp³-hybridized carbons (Fsp3) is 0.647. The first-order valence-electron chi connectivity index (χ1n) is 7.68. The minimum Gasteiger partial charge on any atom is -0.494 e. The Morgan fingerprint density at radius 3 is 2.37 bits per heavy atom. The van der Waals surface area contributed by atoms with E-state index in [0.29, 0.717) is 0 Å². The molecule has 19 heavy (non-hydrogen) atoms. The van der Waals surface area contributed by atoms with Crippen LogP contribution in [0.1, 0.15) is 49.7 Å². The molecule has 1 fully saturated rings. The molecule has 0 atom stereocenters. The van der Waals surface area contributed by atoms with Crippen molar-refractivity contribution < 1.29 is 4.74 Å². The van der Waals surface area contributed by atoms with Crippen molar-refractivity contribution in [3.63, 3.8) is 0 Å². The monoisotopic (exact) mass is 261 g/mol. The van der Waals surface area contributed by atoms with E-state index in [1.54, 1.807) is 0 Å². The summed E-state index contributed by atoms with van der Waals surface area (Å²) in [5.41, 5.74) is 2.56. The Balaban J connectivity index is 1.48. The van der Waals surface area contributed by atoms with Crippen molar-refractivity contribution in [1.82, 2.24) is 5.32 Å². The molecule has 106 valence electrons. The topological polar surface area (TPSA) is 21.3 Å². The number of rotatable bonds is 9. The van der Waals surface area contributed by atoms with Crippen LogP contribution in [0.25, 0.3) is 0 Å². The van der Waals surface area contributed by atoms with Gasteiger partial charge in [0.15, 0.2) is 0 Å². The Kier molecular flexibility index (Phi) is 5.71. The van der Waals surface area contributed by atoms with E-state index in [9.17, 15) is 0 Å². The molecule has 0 spiro atoms. The minimum absolute atomic E-state index is 0.846. The van der Waals surface area contributed by atoms with E-state index in [1.165, 1.54) is 49.8 Å². The summed E-state index contributed by atoms with van der Waals surface area (Å²) in [6.45, 7) is 6.28. The zero-order valence-corrected chi connectivity index (χ0v) is 12.4. The summed E-state index contributed by atoms with van der Waals surface area (Å²) in [4.78, 5) is 0. The molecule has 0 amide bonds. The molecule has 1 saturated carbocycles. The standard InChI is InChI=1S/C17H27NO/c1-14-11-15(2)13-17(12-14)19-10-6-4-3-5-9-18-16-7-8-16/h11-13,16,18H,3-10H2,1-2H3. The van der Waals surface area contributed by atoms with Crippen molar-refractivity contribution in [2.24, 2.45) is 0 Å². The number of hydrogen-bond acceptors (Lipinski definition) is 2. The number of benzene rings is 1. The normalized spacial score (nSPS) is 14.6. The molecule has 0 heterocycles. The summed E-state index contributed by atoms with van der Waals surface area (Å²) in [5.74, 6) is 1.02. The number of aryl methyl sites for hydroxylation is 2.